The van der Waals surface area contributed by atoms with Crippen molar-refractivity contribution in [1.29, 1.82) is 0 Å². The number of pyridine rings is 1. The molecule has 0 aliphatic heterocycles. The van der Waals surface area contributed by atoms with Gasteiger partial charge in [0.1, 0.15) is 11.2 Å². The number of furan rings is 1. The van der Waals surface area contributed by atoms with E-state index in [0.29, 0.717) is 0 Å². The van der Waals surface area contributed by atoms with Crippen molar-refractivity contribution in [3.8, 4) is 16.8 Å². The number of benzene rings is 9. The third-order valence-corrected chi connectivity index (χ3v) is 12.0. The fraction of sp³-hybridized carbons (Fsp3) is 0. The Bertz CT molecular complexity index is 3500. The van der Waals surface area contributed by atoms with Gasteiger partial charge in [-0.05, 0) is 89.8 Å². The highest BCUT2D eigenvalue weighted by atomic mass is 16.3. The number of fused-ring (bicyclic) bond motifs is 7. The Labute approximate surface area is 358 Å². The summed E-state index contributed by atoms with van der Waals surface area (Å²) in [6, 6.07) is 77.5. The average molecular weight is 795 g/mol. The van der Waals surface area contributed by atoms with Gasteiger partial charge in [-0.2, -0.15) is 0 Å². The molecule has 0 aliphatic rings. The maximum absolute atomic E-state index is 7.24. The molecule has 0 atom stereocenters. The highest BCUT2D eigenvalue weighted by Gasteiger charge is 2.25. The van der Waals surface area contributed by atoms with Crippen molar-refractivity contribution in [2.75, 3.05) is 9.80 Å². The third-order valence-electron chi connectivity index (χ3n) is 12.0. The standard InChI is InChI=1S/C57H38N4O/c1-5-18-41(19-6-1)59(42-20-7-2-8-21-42)45-36-54(60(43-22-9-3-10-23-43)44-24-11-4-12-25-44)56-49-28-16-27-46(57(49)62-55(56)37-45)40-31-32-48-47-26-13-14-29-51(47)61(53(48)35-40)52-30-15-17-39-33-34-58-38-50(39)52/h1-38H. The molecule has 0 spiro atoms. The molecule has 292 valence electrons. The van der Waals surface area contributed by atoms with Crippen LogP contribution in [0.1, 0.15) is 0 Å². The van der Waals surface area contributed by atoms with E-state index in [9.17, 15) is 0 Å². The fourth-order valence-electron chi connectivity index (χ4n) is 9.30. The Morgan fingerprint density at radius 2 is 1.02 bits per heavy atom. The van der Waals surface area contributed by atoms with Crippen molar-refractivity contribution >= 4 is 88.6 Å². The Kier molecular flexibility index (Phi) is 8.42. The van der Waals surface area contributed by atoms with Crippen molar-refractivity contribution in [2.24, 2.45) is 0 Å². The van der Waals surface area contributed by atoms with E-state index in [-0.39, 0.29) is 0 Å². The highest BCUT2D eigenvalue weighted by Crippen LogP contribution is 2.49. The van der Waals surface area contributed by atoms with Crippen molar-refractivity contribution in [3.05, 3.63) is 231 Å². The zero-order valence-corrected chi connectivity index (χ0v) is 33.6. The highest BCUT2D eigenvalue weighted by molar-refractivity contribution is 6.18. The van der Waals surface area contributed by atoms with E-state index in [4.69, 9.17) is 4.42 Å². The summed E-state index contributed by atoms with van der Waals surface area (Å²) < 4.78 is 9.63. The lowest BCUT2D eigenvalue weighted by molar-refractivity contribution is 0.670. The summed E-state index contributed by atoms with van der Waals surface area (Å²) in [4.78, 5) is 9.20. The molecule has 0 radical (unpaired) electrons. The summed E-state index contributed by atoms with van der Waals surface area (Å²) >= 11 is 0. The predicted octanol–water partition coefficient (Wildman–Crippen LogP) is 15.8. The van der Waals surface area contributed by atoms with Gasteiger partial charge in [0, 0.05) is 68.3 Å². The smallest absolute Gasteiger partial charge is 0.143 e. The lowest BCUT2D eigenvalue weighted by atomic mass is 9.99. The maximum Gasteiger partial charge on any atom is 0.143 e. The Morgan fingerprint density at radius 1 is 0.419 bits per heavy atom. The van der Waals surface area contributed by atoms with Crippen molar-refractivity contribution in [3.63, 3.8) is 0 Å². The Hall–Kier alpha value is -8.41. The van der Waals surface area contributed by atoms with E-state index in [1.54, 1.807) is 0 Å². The largest absolute Gasteiger partial charge is 0.455 e. The minimum absolute atomic E-state index is 0.798. The van der Waals surface area contributed by atoms with Crippen LogP contribution in [0.15, 0.2) is 235 Å². The first kappa shape index (κ1) is 35.5. The van der Waals surface area contributed by atoms with Gasteiger partial charge in [-0.1, -0.05) is 133 Å². The van der Waals surface area contributed by atoms with Gasteiger partial charge in [-0.15, -0.1) is 0 Å². The molecular formula is C57H38N4O. The van der Waals surface area contributed by atoms with Crippen LogP contribution in [0.5, 0.6) is 0 Å². The normalized spacial score (nSPS) is 11.5. The zero-order valence-electron chi connectivity index (χ0n) is 33.6. The summed E-state index contributed by atoms with van der Waals surface area (Å²) in [5.41, 5.74) is 13.3. The summed E-state index contributed by atoms with van der Waals surface area (Å²) in [5.74, 6) is 0. The van der Waals surface area contributed by atoms with Crippen LogP contribution in [-0.2, 0) is 0 Å². The molecule has 5 heteroatoms. The molecule has 9 aromatic carbocycles. The van der Waals surface area contributed by atoms with Crippen LogP contribution in [0.2, 0.25) is 0 Å². The van der Waals surface area contributed by atoms with Crippen LogP contribution in [0.25, 0.3) is 71.3 Å². The molecule has 12 aromatic rings. The van der Waals surface area contributed by atoms with Gasteiger partial charge < -0.3 is 18.8 Å². The van der Waals surface area contributed by atoms with Crippen LogP contribution in [0.4, 0.5) is 34.1 Å². The first-order valence-electron chi connectivity index (χ1n) is 20.9. The van der Waals surface area contributed by atoms with Crippen LogP contribution in [0, 0.1) is 0 Å². The number of hydrogen-bond donors (Lipinski definition) is 0. The van der Waals surface area contributed by atoms with Gasteiger partial charge in [-0.25, -0.2) is 0 Å². The SMILES string of the molecule is c1ccc(N(c2ccccc2)c2cc(N(c3ccccc3)c3ccccc3)c3c(c2)oc2c(-c4ccc5c6ccccc6n(-c6cccc7ccncc67)c5c4)cccc23)cc1. The van der Waals surface area contributed by atoms with Gasteiger partial charge >= 0.3 is 0 Å². The molecule has 3 aromatic heterocycles. The Morgan fingerprint density at radius 3 is 1.71 bits per heavy atom. The minimum Gasteiger partial charge on any atom is -0.455 e. The van der Waals surface area contributed by atoms with Crippen LogP contribution in [0.3, 0.4) is 0 Å². The first-order valence-corrected chi connectivity index (χ1v) is 20.9. The second-order valence-electron chi connectivity index (χ2n) is 15.6. The summed E-state index contributed by atoms with van der Waals surface area (Å²) in [5, 5.41) is 6.74. The van der Waals surface area contributed by atoms with E-state index in [2.05, 4.69) is 238 Å². The lowest BCUT2D eigenvalue weighted by Gasteiger charge is -2.30. The summed E-state index contributed by atoms with van der Waals surface area (Å²) in [7, 11) is 0. The number of hydrogen-bond acceptors (Lipinski definition) is 4. The molecular weight excluding hydrogens is 757 g/mol. The zero-order chi connectivity index (χ0) is 41.0. The van der Waals surface area contributed by atoms with Gasteiger partial charge in [0.15, 0.2) is 0 Å². The van der Waals surface area contributed by atoms with Crippen molar-refractivity contribution in [1.82, 2.24) is 9.55 Å². The molecule has 5 nitrogen and oxygen atoms in total. The topological polar surface area (TPSA) is 37.4 Å². The molecule has 3 heterocycles. The van der Waals surface area contributed by atoms with Gasteiger partial charge in [0.2, 0.25) is 0 Å². The minimum atomic E-state index is 0.798. The van der Waals surface area contributed by atoms with E-state index < -0.39 is 0 Å². The van der Waals surface area contributed by atoms with Crippen LogP contribution < -0.4 is 9.80 Å². The monoisotopic (exact) mass is 794 g/mol. The van der Waals surface area contributed by atoms with E-state index in [1.807, 2.05) is 12.4 Å². The molecule has 0 N–H and O–H groups in total. The van der Waals surface area contributed by atoms with Gasteiger partial charge in [0.25, 0.3) is 0 Å². The number of para-hydroxylation sites is 6. The molecule has 0 amide bonds. The third kappa shape index (κ3) is 5.82. The Balaban J connectivity index is 1.14. The molecule has 0 fully saturated rings. The quantitative estimate of drug-likeness (QED) is 0.154. The number of rotatable bonds is 8. The lowest BCUT2D eigenvalue weighted by Crippen LogP contribution is -2.13. The average Bonchev–Trinajstić information content (AvgIpc) is 3.88. The first-order chi connectivity index (χ1) is 30.8. The summed E-state index contributed by atoms with van der Waals surface area (Å²) in [6.45, 7) is 0. The molecule has 0 unspecified atom stereocenters. The molecule has 0 aliphatic carbocycles. The van der Waals surface area contributed by atoms with Crippen LogP contribution >= 0.6 is 0 Å². The van der Waals surface area contributed by atoms with Gasteiger partial charge in [0.05, 0.1) is 33.5 Å². The van der Waals surface area contributed by atoms with E-state index in [0.717, 1.165) is 94.7 Å². The van der Waals surface area contributed by atoms with Crippen LogP contribution in [-0.4, -0.2) is 9.55 Å². The fourth-order valence-corrected chi connectivity index (χ4v) is 9.30. The number of anilines is 6. The second-order valence-corrected chi connectivity index (χ2v) is 15.6. The van der Waals surface area contributed by atoms with E-state index in [1.165, 1.54) is 10.8 Å². The molecule has 0 saturated carbocycles. The molecule has 62 heavy (non-hydrogen) atoms. The number of nitrogens with zero attached hydrogens (tertiary/aromatic N) is 4. The van der Waals surface area contributed by atoms with Crippen molar-refractivity contribution < 1.29 is 4.42 Å². The van der Waals surface area contributed by atoms with Crippen molar-refractivity contribution in [2.45, 2.75) is 0 Å². The molecule has 0 bridgehead atoms. The van der Waals surface area contributed by atoms with E-state index >= 15 is 0 Å². The molecule has 0 saturated heterocycles. The maximum atomic E-state index is 7.24. The van der Waals surface area contributed by atoms with Gasteiger partial charge in [-0.3, -0.25) is 4.98 Å². The molecule has 12 rings (SSSR count). The summed E-state index contributed by atoms with van der Waals surface area (Å²) in [6.07, 6.45) is 3.83. The number of aromatic nitrogens is 2. The predicted molar refractivity (Wildman–Crippen MR) is 258 cm³/mol. The second kappa shape index (κ2) is 14.7.